The third-order valence-electron chi connectivity index (χ3n) is 3.26. The Bertz CT molecular complexity index is 477. The summed E-state index contributed by atoms with van der Waals surface area (Å²) < 4.78 is 0. The number of rotatable bonds is 6. The Morgan fingerprint density at radius 1 is 1.30 bits per heavy atom. The van der Waals surface area contributed by atoms with E-state index in [2.05, 4.69) is 22.5 Å². The monoisotopic (exact) mass is 274 g/mol. The minimum absolute atomic E-state index is 0.403. The molecule has 1 fully saturated rings. The van der Waals surface area contributed by atoms with E-state index in [9.17, 15) is 4.79 Å². The van der Waals surface area contributed by atoms with E-state index in [1.165, 1.54) is 12.8 Å². The van der Waals surface area contributed by atoms with Crippen LogP contribution in [0.15, 0.2) is 29.3 Å². The van der Waals surface area contributed by atoms with Gasteiger partial charge in [0.1, 0.15) is 0 Å². The molecule has 0 unspecified atom stereocenters. The molecule has 1 aromatic carbocycles. The Kier molecular flexibility index (Phi) is 4.98. The second-order valence-electron chi connectivity index (χ2n) is 5.08. The zero-order valence-corrected chi connectivity index (χ0v) is 11.9. The van der Waals surface area contributed by atoms with Gasteiger partial charge in [-0.3, -0.25) is 4.79 Å². The molecule has 5 heteroatoms. The Morgan fingerprint density at radius 3 is 2.55 bits per heavy atom. The third-order valence-corrected chi connectivity index (χ3v) is 3.26. The number of primary amides is 1. The fraction of sp³-hybridized carbons (Fsp3) is 0.467. The Labute approximate surface area is 119 Å². The molecule has 0 atom stereocenters. The van der Waals surface area contributed by atoms with Crippen molar-refractivity contribution < 1.29 is 4.79 Å². The number of hydrogen-bond donors (Lipinski definition) is 3. The van der Waals surface area contributed by atoms with Crippen LogP contribution in [0.4, 0.5) is 0 Å². The summed E-state index contributed by atoms with van der Waals surface area (Å²) in [5.74, 6) is 1.26. The van der Waals surface area contributed by atoms with Gasteiger partial charge in [0.05, 0.1) is 6.54 Å². The van der Waals surface area contributed by atoms with E-state index in [0.29, 0.717) is 12.1 Å². The summed E-state index contributed by atoms with van der Waals surface area (Å²) in [5.41, 5.74) is 6.79. The number of amides is 1. The van der Waals surface area contributed by atoms with Crippen molar-refractivity contribution >= 4 is 11.9 Å². The highest BCUT2D eigenvalue weighted by molar-refractivity contribution is 5.92. The number of carbonyl (C=O) groups is 1. The maximum Gasteiger partial charge on any atom is 0.248 e. The first-order chi connectivity index (χ1) is 9.69. The Hall–Kier alpha value is -2.04. The Morgan fingerprint density at radius 2 is 2.00 bits per heavy atom. The predicted molar refractivity (Wildman–Crippen MR) is 80.5 cm³/mol. The number of carbonyl (C=O) groups excluding carboxylic acids is 1. The second-order valence-corrected chi connectivity index (χ2v) is 5.08. The third kappa shape index (κ3) is 4.57. The van der Waals surface area contributed by atoms with E-state index >= 15 is 0 Å². The smallest absolute Gasteiger partial charge is 0.248 e. The van der Waals surface area contributed by atoms with Gasteiger partial charge in [-0.15, -0.1) is 0 Å². The zero-order chi connectivity index (χ0) is 14.4. The van der Waals surface area contributed by atoms with Gasteiger partial charge in [0.25, 0.3) is 0 Å². The van der Waals surface area contributed by atoms with Crippen LogP contribution < -0.4 is 16.4 Å². The quantitative estimate of drug-likeness (QED) is 0.539. The average molecular weight is 274 g/mol. The largest absolute Gasteiger partial charge is 0.366 e. The van der Waals surface area contributed by atoms with Crippen LogP contribution >= 0.6 is 0 Å². The van der Waals surface area contributed by atoms with E-state index in [4.69, 9.17) is 5.73 Å². The van der Waals surface area contributed by atoms with Gasteiger partial charge in [-0.05, 0) is 43.4 Å². The molecule has 20 heavy (non-hydrogen) atoms. The van der Waals surface area contributed by atoms with Crippen LogP contribution in [0.3, 0.4) is 0 Å². The van der Waals surface area contributed by atoms with Gasteiger partial charge in [0.2, 0.25) is 5.91 Å². The molecule has 1 aliphatic rings. The van der Waals surface area contributed by atoms with Crippen LogP contribution in [0, 0.1) is 5.92 Å². The molecule has 0 saturated heterocycles. The van der Waals surface area contributed by atoms with E-state index in [1.54, 1.807) is 12.1 Å². The fourth-order valence-corrected chi connectivity index (χ4v) is 1.85. The molecular formula is C15H22N4O. The summed E-state index contributed by atoms with van der Waals surface area (Å²) >= 11 is 0. The average Bonchev–Trinajstić information content (AvgIpc) is 3.26. The van der Waals surface area contributed by atoms with Crippen molar-refractivity contribution in [2.45, 2.75) is 26.3 Å². The van der Waals surface area contributed by atoms with E-state index in [-0.39, 0.29) is 0 Å². The summed E-state index contributed by atoms with van der Waals surface area (Å²) in [6.45, 7) is 4.47. The van der Waals surface area contributed by atoms with Crippen LogP contribution in [0.5, 0.6) is 0 Å². The van der Waals surface area contributed by atoms with Crippen molar-refractivity contribution in [1.82, 2.24) is 10.6 Å². The van der Waals surface area contributed by atoms with Crippen molar-refractivity contribution in [2.24, 2.45) is 16.6 Å². The zero-order valence-electron chi connectivity index (χ0n) is 11.9. The normalized spacial score (nSPS) is 14.9. The lowest BCUT2D eigenvalue weighted by atomic mass is 10.1. The standard InChI is InChI=1S/C15H22N4O/c1-2-17-15(18-9-11-3-4-11)19-10-12-5-7-13(8-6-12)14(16)20/h5-8,11H,2-4,9-10H2,1H3,(H2,16,20)(H2,17,18,19). The maximum absolute atomic E-state index is 11.0. The molecule has 1 saturated carbocycles. The minimum Gasteiger partial charge on any atom is -0.366 e. The molecule has 2 rings (SSSR count). The number of guanidine groups is 1. The number of hydrogen-bond acceptors (Lipinski definition) is 2. The minimum atomic E-state index is -0.403. The molecule has 0 aromatic heterocycles. The molecule has 0 radical (unpaired) electrons. The van der Waals surface area contributed by atoms with Crippen molar-refractivity contribution in [2.75, 3.05) is 13.1 Å². The van der Waals surface area contributed by atoms with E-state index < -0.39 is 5.91 Å². The van der Waals surface area contributed by atoms with Crippen LogP contribution in [-0.2, 0) is 6.54 Å². The van der Waals surface area contributed by atoms with Crippen LogP contribution in [-0.4, -0.2) is 25.0 Å². The van der Waals surface area contributed by atoms with Crippen molar-refractivity contribution in [3.05, 3.63) is 35.4 Å². The lowest BCUT2D eigenvalue weighted by Gasteiger charge is -2.10. The highest BCUT2D eigenvalue weighted by Gasteiger charge is 2.20. The first kappa shape index (κ1) is 14.4. The number of nitrogens with zero attached hydrogens (tertiary/aromatic N) is 1. The maximum atomic E-state index is 11.0. The number of benzene rings is 1. The van der Waals surface area contributed by atoms with Gasteiger partial charge >= 0.3 is 0 Å². The van der Waals surface area contributed by atoms with Crippen LogP contribution in [0.2, 0.25) is 0 Å². The van der Waals surface area contributed by atoms with E-state index in [0.717, 1.165) is 30.5 Å². The second kappa shape index (κ2) is 6.93. The Balaban J connectivity index is 1.90. The lowest BCUT2D eigenvalue weighted by Crippen LogP contribution is -2.38. The van der Waals surface area contributed by atoms with Gasteiger partial charge in [-0.25, -0.2) is 4.99 Å². The highest BCUT2D eigenvalue weighted by Crippen LogP contribution is 2.27. The van der Waals surface area contributed by atoms with Crippen molar-refractivity contribution in [3.63, 3.8) is 0 Å². The van der Waals surface area contributed by atoms with Crippen molar-refractivity contribution in [3.8, 4) is 0 Å². The van der Waals surface area contributed by atoms with E-state index in [1.807, 2.05) is 12.1 Å². The molecule has 108 valence electrons. The molecule has 0 bridgehead atoms. The summed E-state index contributed by atoms with van der Waals surface area (Å²) in [5, 5.41) is 6.58. The molecule has 0 aliphatic heterocycles. The van der Waals surface area contributed by atoms with Crippen molar-refractivity contribution in [1.29, 1.82) is 0 Å². The number of nitrogens with two attached hydrogens (primary N) is 1. The van der Waals surface area contributed by atoms with Gasteiger partial charge in [0, 0.05) is 18.7 Å². The molecule has 1 aliphatic carbocycles. The van der Waals surface area contributed by atoms with Gasteiger partial charge in [-0.1, -0.05) is 12.1 Å². The molecule has 0 heterocycles. The van der Waals surface area contributed by atoms with Gasteiger partial charge < -0.3 is 16.4 Å². The first-order valence-corrected chi connectivity index (χ1v) is 7.10. The molecule has 4 N–H and O–H groups in total. The predicted octanol–water partition coefficient (Wildman–Crippen LogP) is 1.25. The van der Waals surface area contributed by atoms with Crippen LogP contribution in [0.25, 0.3) is 0 Å². The summed E-state index contributed by atoms with van der Waals surface area (Å²) in [6.07, 6.45) is 2.64. The molecule has 5 nitrogen and oxygen atoms in total. The van der Waals surface area contributed by atoms with Crippen LogP contribution in [0.1, 0.15) is 35.7 Å². The van der Waals surface area contributed by atoms with Gasteiger partial charge in [-0.2, -0.15) is 0 Å². The molecule has 1 aromatic rings. The summed E-state index contributed by atoms with van der Waals surface area (Å²) in [6, 6.07) is 7.23. The molecular weight excluding hydrogens is 252 g/mol. The highest BCUT2D eigenvalue weighted by atomic mass is 16.1. The number of aliphatic imine (C=N–C) groups is 1. The number of nitrogens with one attached hydrogen (secondary N) is 2. The molecule has 1 amide bonds. The SMILES string of the molecule is CCNC(=NCc1ccc(C(N)=O)cc1)NCC1CC1. The topological polar surface area (TPSA) is 79.5 Å². The summed E-state index contributed by atoms with van der Waals surface area (Å²) in [4.78, 5) is 15.5. The van der Waals surface area contributed by atoms with Gasteiger partial charge in [0.15, 0.2) is 5.96 Å². The fourth-order valence-electron chi connectivity index (χ4n) is 1.85. The summed E-state index contributed by atoms with van der Waals surface area (Å²) in [7, 11) is 0. The molecule has 0 spiro atoms. The first-order valence-electron chi connectivity index (χ1n) is 7.10. The lowest BCUT2D eigenvalue weighted by molar-refractivity contribution is 0.100.